The Hall–Kier alpha value is -6.08. The number of fused-ring (bicyclic) bond motifs is 8. The Morgan fingerprint density at radius 1 is 0.531 bits per heavy atom. The van der Waals surface area contributed by atoms with Gasteiger partial charge in [-0.15, -0.1) is 0 Å². The van der Waals surface area contributed by atoms with Gasteiger partial charge in [0, 0.05) is 41.9 Å². The van der Waals surface area contributed by atoms with Gasteiger partial charge in [-0.25, -0.2) is 9.97 Å². The van der Waals surface area contributed by atoms with Crippen molar-refractivity contribution in [2.45, 2.75) is 19.4 Å². The minimum atomic E-state index is -1.25. The van der Waals surface area contributed by atoms with Crippen molar-refractivity contribution in [3.63, 3.8) is 0 Å². The van der Waals surface area contributed by atoms with Gasteiger partial charge in [-0.3, -0.25) is 0 Å². The number of nitrogens with zero attached hydrogens (tertiary/aromatic N) is 2. The van der Waals surface area contributed by atoms with Crippen molar-refractivity contribution >= 4 is 46.4 Å². The zero-order valence-electron chi connectivity index (χ0n) is 36.9. The summed E-state index contributed by atoms with van der Waals surface area (Å²) in [4.78, 5) is 17.6. The second kappa shape index (κ2) is 23.0. The van der Waals surface area contributed by atoms with Gasteiger partial charge in [0.2, 0.25) is 0 Å². The predicted molar refractivity (Wildman–Crippen MR) is 251 cm³/mol. The van der Waals surface area contributed by atoms with E-state index in [1.165, 1.54) is 0 Å². The van der Waals surface area contributed by atoms with Crippen LogP contribution in [-0.4, -0.2) is 124 Å². The van der Waals surface area contributed by atoms with Crippen LogP contribution in [0.1, 0.15) is 42.2 Å². The van der Waals surface area contributed by atoms with Crippen molar-refractivity contribution in [1.29, 1.82) is 0 Å². The molecule has 2 aliphatic heterocycles. The molecule has 0 aliphatic carbocycles. The average Bonchev–Trinajstić information content (AvgIpc) is 4.13. The lowest BCUT2D eigenvalue weighted by atomic mass is 10.0. The zero-order chi connectivity index (χ0) is 44.6. The van der Waals surface area contributed by atoms with Crippen LogP contribution in [0, 0.1) is 11.8 Å². The fourth-order valence-corrected chi connectivity index (χ4v) is 6.94. The van der Waals surface area contributed by atoms with Crippen molar-refractivity contribution in [3.8, 4) is 45.6 Å². The second-order valence-corrected chi connectivity index (χ2v) is 15.3. The van der Waals surface area contributed by atoms with Gasteiger partial charge in [0.25, 0.3) is 0 Å². The van der Waals surface area contributed by atoms with Gasteiger partial charge >= 0.3 is 0 Å². The molecule has 0 unspecified atom stereocenters. The molecule has 64 heavy (non-hydrogen) atoms. The summed E-state index contributed by atoms with van der Waals surface area (Å²) in [5.74, 6) is 7.70. The second-order valence-electron chi connectivity index (χ2n) is 15.3. The van der Waals surface area contributed by atoms with E-state index in [9.17, 15) is 5.11 Å². The first-order valence-electron chi connectivity index (χ1n) is 21.4. The van der Waals surface area contributed by atoms with Crippen molar-refractivity contribution in [1.82, 2.24) is 19.9 Å². The molecule has 0 saturated heterocycles. The van der Waals surface area contributed by atoms with Crippen molar-refractivity contribution in [2.24, 2.45) is 0 Å². The largest absolute Gasteiger partial charge is 0.491 e. The van der Waals surface area contributed by atoms with E-state index in [4.69, 9.17) is 47.9 Å². The van der Waals surface area contributed by atoms with E-state index in [0.29, 0.717) is 102 Å². The number of hydrogen-bond donors (Lipinski definition) is 3. The Kier molecular flexibility index (Phi) is 16.5. The molecule has 5 aromatic rings. The summed E-state index contributed by atoms with van der Waals surface area (Å²) in [6.07, 6.45) is 7.99. The van der Waals surface area contributed by atoms with Crippen LogP contribution in [0.5, 0.6) is 11.5 Å². The Balaban J connectivity index is 1.26. The summed E-state index contributed by atoms with van der Waals surface area (Å²) in [5.41, 5.74) is 9.18. The number of aliphatic hydroxyl groups is 1. The summed E-state index contributed by atoms with van der Waals surface area (Å²) in [7, 11) is 3.29. The van der Waals surface area contributed by atoms with Crippen LogP contribution in [0.15, 0.2) is 78.9 Å². The molecule has 0 atom stereocenters. The van der Waals surface area contributed by atoms with Crippen LogP contribution in [-0.2, 0) is 28.4 Å². The number of aromatic amines is 2. The Morgan fingerprint density at radius 3 is 1.62 bits per heavy atom. The average molecular weight is 869 g/mol. The SMILES string of the molecule is COCCOCCOCCOc1cccc(-c2c3nc(c(C#CC(C)(C)O)c4ccc([nH]4)c(-c4cccc(OCCOCCOCCOC)c4)c4nc(cc5ccc2[nH]5)C=C4)C=C3)c1. The molecule has 334 valence electrons. The van der Waals surface area contributed by atoms with Gasteiger partial charge < -0.3 is 53.0 Å². The van der Waals surface area contributed by atoms with Crippen molar-refractivity contribution in [3.05, 3.63) is 107 Å². The zero-order valence-corrected chi connectivity index (χ0v) is 36.9. The molecule has 0 radical (unpaired) electrons. The standard InChI is InChI=1S/C51H56N4O9/c1-51(2,56)20-19-42-43-15-17-47(54-43)49(36-7-5-9-40(33-36)63-31-29-61-27-25-59-23-21-57-3)45-13-11-38(52-45)35-39-12-14-46(53-39)50(48-18-16-44(42)55-48)37-8-6-10-41(34-37)64-32-30-62-28-26-60-24-22-58-4/h5-18,33-35,52,55-56H,21-32H2,1-4H3. The van der Waals surface area contributed by atoms with Gasteiger partial charge in [-0.1, -0.05) is 36.1 Å². The molecule has 0 fully saturated rings. The summed E-state index contributed by atoms with van der Waals surface area (Å²) in [6.45, 7) is 9.03. The van der Waals surface area contributed by atoms with Crippen LogP contribution in [0.3, 0.4) is 0 Å². The lowest BCUT2D eigenvalue weighted by Crippen LogP contribution is -2.14. The van der Waals surface area contributed by atoms with Gasteiger partial charge in [0.15, 0.2) is 0 Å². The topological polar surface area (TPSA) is 151 Å². The number of H-pyrrole nitrogens is 2. The molecule has 0 saturated carbocycles. The molecule has 3 N–H and O–H groups in total. The number of nitrogens with one attached hydrogen (secondary N) is 2. The van der Waals surface area contributed by atoms with Gasteiger partial charge in [0.05, 0.1) is 99.9 Å². The molecule has 8 bridgehead atoms. The monoisotopic (exact) mass is 868 g/mol. The molecule has 2 aromatic carbocycles. The highest BCUT2D eigenvalue weighted by atomic mass is 16.6. The van der Waals surface area contributed by atoms with Crippen LogP contribution < -0.4 is 9.47 Å². The highest BCUT2D eigenvalue weighted by Crippen LogP contribution is 2.35. The number of rotatable bonds is 22. The van der Waals surface area contributed by atoms with E-state index >= 15 is 0 Å². The fourth-order valence-electron chi connectivity index (χ4n) is 6.94. The first-order chi connectivity index (χ1) is 31.3. The highest BCUT2D eigenvalue weighted by Gasteiger charge is 2.17. The minimum Gasteiger partial charge on any atom is -0.491 e. The molecule has 0 spiro atoms. The van der Waals surface area contributed by atoms with E-state index in [-0.39, 0.29) is 0 Å². The van der Waals surface area contributed by atoms with E-state index in [2.05, 4.69) is 21.8 Å². The van der Waals surface area contributed by atoms with Crippen molar-refractivity contribution in [2.75, 3.05) is 93.5 Å². The predicted octanol–water partition coefficient (Wildman–Crippen LogP) is 8.23. The van der Waals surface area contributed by atoms with E-state index in [0.717, 1.165) is 61.4 Å². The summed E-state index contributed by atoms with van der Waals surface area (Å²) < 4.78 is 44.7. The Labute approximate surface area is 374 Å². The normalized spacial score (nSPS) is 12.1. The lowest BCUT2D eigenvalue weighted by molar-refractivity contribution is 0.0180. The van der Waals surface area contributed by atoms with Crippen LogP contribution in [0.2, 0.25) is 0 Å². The quantitative estimate of drug-likeness (QED) is 0.0447. The third-order valence-electron chi connectivity index (χ3n) is 9.92. The van der Waals surface area contributed by atoms with Crippen LogP contribution in [0.4, 0.5) is 0 Å². The third-order valence-corrected chi connectivity index (χ3v) is 9.92. The van der Waals surface area contributed by atoms with Gasteiger partial charge in [-0.05, 0) is 104 Å². The maximum atomic E-state index is 10.8. The van der Waals surface area contributed by atoms with E-state index in [1.54, 1.807) is 28.1 Å². The molecular weight excluding hydrogens is 813 g/mol. The molecule has 7 rings (SSSR count). The Morgan fingerprint density at radius 2 is 1.03 bits per heavy atom. The van der Waals surface area contributed by atoms with Crippen LogP contribution in [0.25, 0.3) is 68.6 Å². The van der Waals surface area contributed by atoms with Gasteiger partial charge in [0.1, 0.15) is 30.3 Å². The summed E-state index contributed by atoms with van der Waals surface area (Å²) in [5, 5.41) is 10.8. The fraction of sp³-hybridized carbons (Fsp3) is 0.333. The molecule has 2 aliphatic rings. The first kappa shape index (κ1) is 45.9. The maximum Gasteiger partial charge on any atom is 0.120 e. The molecule has 13 nitrogen and oxygen atoms in total. The maximum absolute atomic E-state index is 10.8. The number of benzene rings is 2. The highest BCUT2D eigenvalue weighted by molar-refractivity contribution is 5.94. The molecular formula is C51H56N4O9. The number of hydrogen-bond acceptors (Lipinski definition) is 11. The lowest BCUT2D eigenvalue weighted by Gasteiger charge is -2.10. The first-order valence-corrected chi connectivity index (χ1v) is 21.4. The van der Waals surface area contributed by atoms with Crippen molar-refractivity contribution < 1.29 is 43.0 Å². The van der Waals surface area contributed by atoms with E-state index in [1.807, 2.05) is 103 Å². The number of methoxy groups -OCH3 is 2. The smallest absolute Gasteiger partial charge is 0.120 e. The molecule has 3 aromatic heterocycles. The molecule has 5 heterocycles. The molecule has 0 amide bonds. The third kappa shape index (κ3) is 13.0. The van der Waals surface area contributed by atoms with Gasteiger partial charge in [-0.2, -0.15) is 0 Å². The summed E-state index contributed by atoms with van der Waals surface area (Å²) in [6, 6.07) is 26.0. The Bertz CT molecular complexity index is 2570. The molecule has 13 heteroatoms. The van der Waals surface area contributed by atoms with Crippen LogP contribution >= 0.6 is 0 Å². The number of aromatic nitrogens is 4. The summed E-state index contributed by atoms with van der Waals surface area (Å²) >= 11 is 0. The van der Waals surface area contributed by atoms with E-state index < -0.39 is 5.60 Å². The minimum absolute atomic E-state index is 0.378. The number of ether oxygens (including phenoxy) is 8.